The van der Waals surface area contributed by atoms with Gasteiger partial charge >= 0.3 is 23.9 Å². The first-order valence-electron chi connectivity index (χ1n) is 11.9. The number of carbonyl (C=O) groups excluding carboxylic acids is 4. The standard InChI is InChI=1S/C25H30N2O11/c1-12(2)23-26-27-24(38-23)17-7-9-18(10-8-17)36-25-22(35-16(6)31)21(34-15(5)30)20(33-14(4)29)19(37-25)11-32-13(3)28/h7-10,12,19-22,25H,11H2,1-6H3/t19-,20-,21+,22-,25-/m1/s1. The molecule has 0 unspecified atom stereocenters. The molecule has 0 spiro atoms. The molecule has 1 aromatic heterocycles. The van der Waals surface area contributed by atoms with E-state index in [2.05, 4.69) is 10.2 Å². The molecule has 1 aliphatic heterocycles. The predicted molar refractivity (Wildman–Crippen MR) is 126 cm³/mol. The molecule has 0 bridgehead atoms. The first kappa shape index (κ1) is 28.6. The zero-order valence-corrected chi connectivity index (χ0v) is 21.9. The minimum Gasteiger partial charge on any atom is -0.463 e. The highest BCUT2D eigenvalue weighted by Crippen LogP contribution is 2.32. The number of carbonyl (C=O) groups is 4. The van der Waals surface area contributed by atoms with Crippen molar-refractivity contribution in [1.29, 1.82) is 0 Å². The average molecular weight is 535 g/mol. The van der Waals surface area contributed by atoms with Crippen LogP contribution in [0.2, 0.25) is 0 Å². The summed E-state index contributed by atoms with van der Waals surface area (Å²) in [5.74, 6) is -1.61. The lowest BCUT2D eigenvalue weighted by atomic mass is 9.98. The average Bonchev–Trinajstić information content (AvgIpc) is 3.32. The number of esters is 4. The van der Waals surface area contributed by atoms with Crippen molar-refractivity contribution in [2.24, 2.45) is 0 Å². The van der Waals surface area contributed by atoms with E-state index in [-0.39, 0.29) is 12.5 Å². The van der Waals surface area contributed by atoms with Crippen molar-refractivity contribution >= 4 is 23.9 Å². The number of nitrogens with zero attached hydrogens (tertiary/aromatic N) is 2. The second-order valence-corrected chi connectivity index (χ2v) is 8.81. The van der Waals surface area contributed by atoms with Gasteiger partial charge in [0.2, 0.25) is 24.2 Å². The fourth-order valence-electron chi connectivity index (χ4n) is 3.68. The first-order chi connectivity index (χ1) is 17.9. The van der Waals surface area contributed by atoms with E-state index in [9.17, 15) is 19.2 Å². The van der Waals surface area contributed by atoms with Crippen molar-refractivity contribution in [2.45, 2.75) is 78.2 Å². The lowest BCUT2D eigenvalue weighted by Crippen LogP contribution is -2.63. The highest BCUT2D eigenvalue weighted by molar-refractivity contribution is 5.68. The summed E-state index contributed by atoms with van der Waals surface area (Å²) in [4.78, 5) is 47.2. The van der Waals surface area contributed by atoms with Crippen molar-refractivity contribution in [3.8, 4) is 17.2 Å². The molecular formula is C25H30N2O11. The number of benzene rings is 1. The van der Waals surface area contributed by atoms with Gasteiger partial charge in [0.1, 0.15) is 18.5 Å². The van der Waals surface area contributed by atoms with Gasteiger partial charge in [0.25, 0.3) is 0 Å². The van der Waals surface area contributed by atoms with Gasteiger partial charge in [0.05, 0.1) is 0 Å². The topological polar surface area (TPSA) is 163 Å². The van der Waals surface area contributed by atoms with Crippen LogP contribution in [0.4, 0.5) is 0 Å². The van der Waals surface area contributed by atoms with Crippen LogP contribution in [0.1, 0.15) is 53.4 Å². The fourth-order valence-corrected chi connectivity index (χ4v) is 3.68. The molecule has 13 nitrogen and oxygen atoms in total. The molecular weight excluding hydrogens is 504 g/mol. The van der Waals surface area contributed by atoms with Crippen LogP contribution in [-0.4, -0.2) is 71.4 Å². The van der Waals surface area contributed by atoms with Crippen molar-refractivity contribution in [1.82, 2.24) is 10.2 Å². The third-order valence-corrected chi connectivity index (χ3v) is 5.24. The van der Waals surface area contributed by atoms with E-state index >= 15 is 0 Å². The van der Waals surface area contributed by atoms with Crippen molar-refractivity contribution in [2.75, 3.05) is 6.61 Å². The summed E-state index contributed by atoms with van der Waals surface area (Å²) < 4.78 is 38.8. The maximum Gasteiger partial charge on any atom is 0.303 e. The Morgan fingerprint density at radius 3 is 1.92 bits per heavy atom. The molecule has 1 aromatic carbocycles. The molecule has 3 rings (SSSR count). The molecule has 38 heavy (non-hydrogen) atoms. The maximum atomic E-state index is 11.9. The molecule has 1 fully saturated rings. The molecule has 2 heterocycles. The van der Waals surface area contributed by atoms with Gasteiger partial charge in [0.15, 0.2) is 12.2 Å². The Labute approximate surface area is 218 Å². The van der Waals surface area contributed by atoms with Crippen LogP contribution < -0.4 is 4.74 Å². The Bertz CT molecular complexity index is 1140. The molecule has 0 radical (unpaired) electrons. The molecule has 1 saturated heterocycles. The SMILES string of the molecule is CC(=O)OC[C@H]1O[C@@H](Oc2ccc(-c3nnc(C(C)C)o3)cc2)[C@H](OC(C)=O)[C@@H](OC(C)=O)[C@@H]1OC(C)=O. The van der Waals surface area contributed by atoms with Gasteiger partial charge in [-0.25, -0.2) is 0 Å². The summed E-state index contributed by atoms with van der Waals surface area (Å²) in [6.45, 7) is 8.14. The van der Waals surface area contributed by atoms with Gasteiger partial charge in [-0.2, -0.15) is 0 Å². The highest BCUT2D eigenvalue weighted by Gasteiger charge is 2.53. The van der Waals surface area contributed by atoms with E-state index in [4.69, 9.17) is 32.8 Å². The summed E-state index contributed by atoms with van der Waals surface area (Å²) in [6, 6.07) is 6.56. The smallest absolute Gasteiger partial charge is 0.303 e. The second-order valence-electron chi connectivity index (χ2n) is 8.81. The zero-order chi connectivity index (χ0) is 28.0. The van der Waals surface area contributed by atoms with Crippen LogP contribution in [-0.2, 0) is 42.9 Å². The summed E-state index contributed by atoms with van der Waals surface area (Å²) in [5, 5.41) is 8.05. The van der Waals surface area contributed by atoms with Crippen LogP contribution >= 0.6 is 0 Å². The lowest BCUT2D eigenvalue weighted by Gasteiger charge is -2.43. The van der Waals surface area contributed by atoms with Crippen LogP contribution in [0.15, 0.2) is 28.7 Å². The number of hydrogen-bond acceptors (Lipinski definition) is 13. The summed E-state index contributed by atoms with van der Waals surface area (Å²) >= 11 is 0. The highest BCUT2D eigenvalue weighted by atomic mass is 16.7. The Balaban J connectivity index is 1.91. The predicted octanol–water partition coefficient (Wildman–Crippen LogP) is 2.32. The third-order valence-electron chi connectivity index (χ3n) is 5.24. The third kappa shape index (κ3) is 7.51. The van der Waals surface area contributed by atoms with E-state index in [1.807, 2.05) is 13.8 Å². The van der Waals surface area contributed by atoms with Gasteiger partial charge in [-0.1, -0.05) is 13.8 Å². The van der Waals surface area contributed by atoms with Crippen LogP contribution in [0, 0.1) is 0 Å². The van der Waals surface area contributed by atoms with E-state index < -0.39 is 54.6 Å². The summed E-state index contributed by atoms with van der Waals surface area (Å²) in [7, 11) is 0. The number of ether oxygens (including phenoxy) is 6. The first-order valence-corrected chi connectivity index (χ1v) is 11.9. The molecule has 0 amide bonds. The Morgan fingerprint density at radius 2 is 1.39 bits per heavy atom. The van der Waals surface area contributed by atoms with E-state index in [1.165, 1.54) is 6.92 Å². The van der Waals surface area contributed by atoms with Gasteiger partial charge in [-0.05, 0) is 24.3 Å². The molecule has 0 saturated carbocycles. The van der Waals surface area contributed by atoms with Crippen molar-refractivity contribution in [3.63, 3.8) is 0 Å². The minimum atomic E-state index is -1.34. The van der Waals surface area contributed by atoms with Crippen molar-refractivity contribution in [3.05, 3.63) is 30.2 Å². The summed E-state index contributed by atoms with van der Waals surface area (Å²) in [5.41, 5.74) is 0.637. The van der Waals surface area contributed by atoms with Crippen LogP contribution in [0.5, 0.6) is 5.75 Å². The fraction of sp³-hybridized carbons (Fsp3) is 0.520. The quantitative estimate of drug-likeness (QED) is 0.340. The normalized spacial score (nSPS) is 22.9. The van der Waals surface area contributed by atoms with E-state index in [0.717, 1.165) is 20.8 Å². The molecule has 5 atom stereocenters. The molecule has 0 N–H and O–H groups in total. The van der Waals surface area contributed by atoms with Gasteiger partial charge < -0.3 is 32.8 Å². The molecule has 1 aliphatic rings. The van der Waals surface area contributed by atoms with E-state index in [1.54, 1.807) is 24.3 Å². The molecule has 206 valence electrons. The number of hydrogen-bond donors (Lipinski definition) is 0. The monoisotopic (exact) mass is 534 g/mol. The largest absolute Gasteiger partial charge is 0.463 e. The Kier molecular flexibility index (Phi) is 9.40. The minimum absolute atomic E-state index is 0.0708. The van der Waals surface area contributed by atoms with Gasteiger partial charge in [-0.3, -0.25) is 19.2 Å². The maximum absolute atomic E-state index is 11.9. The Hall–Kier alpha value is -4.00. The van der Waals surface area contributed by atoms with Crippen LogP contribution in [0.25, 0.3) is 11.5 Å². The van der Waals surface area contributed by atoms with Gasteiger partial charge in [0, 0.05) is 39.2 Å². The lowest BCUT2D eigenvalue weighted by molar-refractivity contribution is -0.288. The van der Waals surface area contributed by atoms with Crippen LogP contribution in [0.3, 0.4) is 0 Å². The molecule has 2 aromatic rings. The summed E-state index contributed by atoms with van der Waals surface area (Å²) in [6.07, 6.45) is -6.38. The molecule has 13 heteroatoms. The molecule has 0 aliphatic carbocycles. The van der Waals surface area contributed by atoms with E-state index in [0.29, 0.717) is 23.1 Å². The Morgan fingerprint density at radius 1 is 0.816 bits per heavy atom. The zero-order valence-electron chi connectivity index (χ0n) is 21.9. The van der Waals surface area contributed by atoms with Gasteiger partial charge in [-0.15, -0.1) is 10.2 Å². The second kappa shape index (κ2) is 12.5. The van der Waals surface area contributed by atoms with Crippen molar-refractivity contribution < 1.29 is 52.0 Å². The number of rotatable bonds is 9. The number of aromatic nitrogens is 2.